The van der Waals surface area contributed by atoms with Gasteiger partial charge in [0.2, 0.25) is 11.8 Å². The molecule has 0 unspecified atom stereocenters. The van der Waals surface area contributed by atoms with E-state index in [2.05, 4.69) is 17.0 Å². The number of rotatable bonds is 5. The molecule has 1 saturated carbocycles. The number of aliphatic hydroxyl groups excluding tert-OH is 1. The lowest BCUT2D eigenvalue weighted by atomic mass is 9.64. The number of fused-ring (bicyclic) bond motifs is 3. The molecule has 8 nitrogen and oxygen atoms in total. The van der Waals surface area contributed by atoms with Crippen LogP contribution in [0.4, 0.5) is 0 Å². The van der Waals surface area contributed by atoms with Gasteiger partial charge < -0.3 is 20.1 Å². The maximum absolute atomic E-state index is 13.8. The topological polar surface area (TPSA) is 111 Å². The number of piperidine rings is 1. The van der Waals surface area contributed by atoms with Gasteiger partial charge in [-0.05, 0) is 48.9 Å². The van der Waals surface area contributed by atoms with Crippen molar-refractivity contribution in [2.45, 2.75) is 50.2 Å². The number of ether oxygens (including phenoxy) is 1. The fraction of sp³-hybridized carbons (Fsp3) is 0.517. The summed E-state index contributed by atoms with van der Waals surface area (Å²) in [4.78, 5) is 31.3. The molecule has 2 aromatic carbocycles. The zero-order valence-electron chi connectivity index (χ0n) is 20.8. The molecule has 2 aromatic rings. The monoisotopic (exact) mass is 506 g/mol. The SMILES string of the molecule is O=C1[C@H]2[C@H](C[C@H](CO)[C@@]3(O)O[C@H](c4ccc(O)cc4)C[C@@H]23)C(=O)N1C1CCN(Cc2ccccc2)CC1. The highest BCUT2D eigenvalue weighted by molar-refractivity contribution is 6.05. The molecule has 0 spiro atoms. The summed E-state index contributed by atoms with van der Waals surface area (Å²) in [7, 11) is 0. The van der Waals surface area contributed by atoms with Crippen molar-refractivity contribution in [2.24, 2.45) is 23.7 Å². The van der Waals surface area contributed by atoms with Gasteiger partial charge in [-0.3, -0.25) is 19.4 Å². The number of phenolic OH excluding ortho intramolecular Hbond substituents is 1. The van der Waals surface area contributed by atoms with E-state index in [0.29, 0.717) is 6.42 Å². The lowest BCUT2D eigenvalue weighted by Crippen LogP contribution is -2.54. The molecule has 8 heteroatoms. The summed E-state index contributed by atoms with van der Waals surface area (Å²) in [5.41, 5.74) is 2.03. The third-order valence-corrected chi connectivity index (χ3v) is 9.05. The Morgan fingerprint density at radius 1 is 0.946 bits per heavy atom. The predicted octanol–water partition coefficient (Wildman–Crippen LogP) is 2.44. The second-order valence-electron chi connectivity index (χ2n) is 11.1. The average Bonchev–Trinajstić information content (AvgIpc) is 3.39. The van der Waals surface area contributed by atoms with Gasteiger partial charge in [0.05, 0.1) is 24.5 Å². The quantitative estimate of drug-likeness (QED) is 0.534. The van der Waals surface area contributed by atoms with Crippen LogP contribution in [-0.4, -0.2) is 68.5 Å². The first-order valence-corrected chi connectivity index (χ1v) is 13.3. The van der Waals surface area contributed by atoms with Crippen molar-refractivity contribution in [3.05, 3.63) is 65.7 Å². The number of carbonyl (C=O) groups is 2. The third-order valence-electron chi connectivity index (χ3n) is 9.05. The molecule has 37 heavy (non-hydrogen) atoms. The predicted molar refractivity (Wildman–Crippen MR) is 134 cm³/mol. The van der Waals surface area contributed by atoms with Crippen LogP contribution in [0, 0.1) is 23.7 Å². The zero-order chi connectivity index (χ0) is 25.7. The van der Waals surface area contributed by atoms with Gasteiger partial charge in [-0.15, -0.1) is 0 Å². The second kappa shape index (κ2) is 9.51. The number of imide groups is 1. The van der Waals surface area contributed by atoms with E-state index in [-0.39, 0.29) is 36.6 Å². The van der Waals surface area contributed by atoms with E-state index >= 15 is 0 Å². The Hall–Kier alpha value is -2.78. The first-order valence-electron chi connectivity index (χ1n) is 13.3. The Morgan fingerprint density at radius 2 is 1.65 bits per heavy atom. The van der Waals surface area contributed by atoms with Crippen LogP contribution < -0.4 is 0 Å². The Kier molecular flexibility index (Phi) is 6.31. The van der Waals surface area contributed by atoms with Gasteiger partial charge in [-0.1, -0.05) is 42.5 Å². The van der Waals surface area contributed by atoms with Gasteiger partial charge in [-0.2, -0.15) is 0 Å². The van der Waals surface area contributed by atoms with Crippen molar-refractivity contribution in [3.8, 4) is 5.75 Å². The minimum Gasteiger partial charge on any atom is -0.508 e. The number of phenols is 1. The highest BCUT2D eigenvalue weighted by Gasteiger charge is 2.67. The number of carbonyl (C=O) groups excluding carboxylic acids is 2. The van der Waals surface area contributed by atoms with Crippen LogP contribution in [0.5, 0.6) is 5.75 Å². The molecular formula is C29H34N2O6. The molecule has 0 bridgehead atoms. The Labute approximate surface area is 216 Å². The van der Waals surface area contributed by atoms with Gasteiger partial charge in [0.1, 0.15) is 5.75 Å². The molecule has 1 aliphatic carbocycles. The number of aliphatic hydroxyl groups is 2. The van der Waals surface area contributed by atoms with E-state index < -0.39 is 35.6 Å². The van der Waals surface area contributed by atoms with Crippen LogP contribution in [-0.2, 0) is 20.9 Å². The largest absolute Gasteiger partial charge is 0.508 e. The molecule has 6 rings (SSSR count). The zero-order valence-corrected chi connectivity index (χ0v) is 20.8. The number of likely N-dealkylation sites (tertiary alicyclic amines) is 2. The first kappa shape index (κ1) is 24.6. The fourth-order valence-electron chi connectivity index (χ4n) is 7.15. The number of nitrogens with zero attached hydrogens (tertiary/aromatic N) is 2. The van der Waals surface area contributed by atoms with Crippen molar-refractivity contribution in [1.29, 1.82) is 0 Å². The van der Waals surface area contributed by atoms with Crippen molar-refractivity contribution < 1.29 is 29.6 Å². The first-order chi connectivity index (χ1) is 17.9. The lowest BCUT2D eigenvalue weighted by Gasteiger charge is -2.44. The van der Waals surface area contributed by atoms with E-state index in [1.165, 1.54) is 10.5 Å². The molecule has 6 atom stereocenters. The molecule has 3 N–H and O–H groups in total. The van der Waals surface area contributed by atoms with Crippen LogP contribution >= 0.6 is 0 Å². The van der Waals surface area contributed by atoms with Crippen LogP contribution in [0.15, 0.2) is 54.6 Å². The van der Waals surface area contributed by atoms with Crippen molar-refractivity contribution in [2.75, 3.05) is 19.7 Å². The number of hydrogen-bond acceptors (Lipinski definition) is 7. The standard InChI is InChI=1S/C29H34N2O6/c32-17-20-14-23-26(24-15-25(37-29(20,24)36)19-6-8-22(33)9-7-19)28(35)31(27(23)34)21-10-12-30(13-11-21)16-18-4-2-1-3-5-18/h1-9,20-21,23-26,32-33,36H,10-17H2/t20-,23+,24+,25+,26+,29-/m1/s1. The van der Waals surface area contributed by atoms with Crippen LogP contribution in [0.3, 0.4) is 0 Å². The molecule has 0 radical (unpaired) electrons. The van der Waals surface area contributed by atoms with E-state index in [1.807, 2.05) is 18.2 Å². The average molecular weight is 507 g/mol. The number of amides is 2. The maximum Gasteiger partial charge on any atom is 0.233 e. The summed E-state index contributed by atoms with van der Waals surface area (Å²) in [5, 5.41) is 31.5. The van der Waals surface area contributed by atoms with Gasteiger partial charge in [0.15, 0.2) is 5.79 Å². The summed E-state index contributed by atoms with van der Waals surface area (Å²) in [5.74, 6) is -4.33. The highest BCUT2D eigenvalue weighted by atomic mass is 16.6. The minimum atomic E-state index is -1.68. The Bertz CT molecular complexity index is 1150. The second-order valence-corrected chi connectivity index (χ2v) is 11.1. The van der Waals surface area contributed by atoms with Crippen molar-refractivity contribution in [1.82, 2.24) is 9.80 Å². The van der Waals surface area contributed by atoms with Crippen molar-refractivity contribution >= 4 is 11.8 Å². The Balaban J connectivity index is 1.20. The molecule has 4 fully saturated rings. The summed E-state index contributed by atoms with van der Waals surface area (Å²) in [6.07, 6.45) is 1.58. The molecule has 196 valence electrons. The number of aromatic hydroxyl groups is 1. The van der Waals surface area contributed by atoms with Crippen LogP contribution in [0.25, 0.3) is 0 Å². The van der Waals surface area contributed by atoms with E-state index in [9.17, 15) is 24.9 Å². The van der Waals surface area contributed by atoms with Gasteiger partial charge >= 0.3 is 0 Å². The molecule has 0 aromatic heterocycles. The van der Waals surface area contributed by atoms with E-state index in [1.54, 1.807) is 24.3 Å². The highest BCUT2D eigenvalue weighted by Crippen LogP contribution is 2.58. The minimum absolute atomic E-state index is 0.133. The summed E-state index contributed by atoms with van der Waals surface area (Å²) >= 11 is 0. The van der Waals surface area contributed by atoms with Crippen LogP contribution in [0.1, 0.15) is 42.9 Å². The fourth-order valence-corrected chi connectivity index (χ4v) is 7.15. The number of benzene rings is 2. The summed E-state index contributed by atoms with van der Waals surface area (Å²) in [6, 6.07) is 16.7. The molecule has 4 aliphatic rings. The molecule has 3 saturated heterocycles. The van der Waals surface area contributed by atoms with Gasteiger partial charge in [0.25, 0.3) is 0 Å². The molecular weight excluding hydrogens is 472 g/mol. The van der Waals surface area contributed by atoms with Crippen molar-refractivity contribution in [3.63, 3.8) is 0 Å². The molecule has 3 aliphatic heterocycles. The normalized spacial score (nSPS) is 34.5. The van der Waals surface area contributed by atoms with Crippen LogP contribution in [0.2, 0.25) is 0 Å². The Morgan fingerprint density at radius 3 is 2.32 bits per heavy atom. The summed E-state index contributed by atoms with van der Waals surface area (Å²) < 4.78 is 6.15. The molecule has 3 heterocycles. The van der Waals surface area contributed by atoms with Gasteiger partial charge in [-0.25, -0.2) is 0 Å². The van der Waals surface area contributed by atoms with E-state index in [0.717, 1.165) is 38.0 Å². The third kappa shape index (κ3) is 4.16. The summed E-state index contributed by atoms with van der Waals surface area (Å²) in [6.45, 7) is 2.15. The molecule has 2 amide bonds. The van der Waals surface area contributed by atoms with Gasteiger partial charge in [0, 0.05) is 37.5 Å². The smallest absolute Gasteiger partial charge is 0.233 e. The lowest BCUT2D eigenvalue weighted by molar-refractivity contribution is -0.274. The maximum atomic E-state index is 13.8. The number of hydrogen-bond donors (Lipinski definition) is 3. The van der Waals surface area contributed by atoms with E-state index in [4.69, 9.17) is 4.74 Å².